The fourth-order valence-corrected chi connectivity index (χ4v) is 2.46. The third kappa shape index (κ3) is 4.44. The van der Waals surface area contributed by atoms with Gasteiger partial charge in [-0.1, -0.05) is 12.1 Å². The Balaban J connectivity index is 1.86. The second kappa shape index (κ2) is 7.43. The predicted octanol–water partition coefficient (Wildman–Crippen LogP) is 2.10. The summed E-state index contributed by atoms with van der Waals surface area (Å²) in [6.07, 6.45) is 0. The predicted molar refractivity (Wildman–Crippen MR) is 84.8 cm³/mol. The van der Waals surface area contributed by atoms with Crippen LogP contribution in [0.5, 0.6) is 0 Å². The van der Waals surface area contributed by atoms with Gasteiger partial charge in [0.05, 0.1) is 6.61 Å². The first-order valence-electron chi connectivity index (χ1n) is 7.44. The molecule has 1 N–H and O–H groups in total. The summed E-state index contributed by atoms with van der Waals surface area (Å²) >= 11 is 0. The minimum atomic E-state index is -0.00454. The van der Waals surface area contributed by atoms with E-state index < -0.39 is 0 Å². The number of carbonyl (C=O) groups is 1. The molecule has 1 heterocycles. The molecule has 0 bridgehead atoms. The molecule has 5 heteroatoms. The zero-order valence-electron chi connectivity index (χ0n) is 13.2. The van der Waals surface area contributed by atoms with E-state index in [-0.39, 0.29) is 6.03 Å². The number of urea groups is 1. The summed E-state index contributed by atoms with van der Waals surface area (Å²) in [7, 11) is 1.72. The van der Waals surface area contributed by atoms with E-state index >= 15 is 0 Å². The lowest BCUT2D eigenvalue weighted by Gasteiger charge is -2.34. The highest BCUT2D eigenvalue weighted by atomic mass is 16.5. The van der Waals surface area contributed by atoms with Gasteiger partial charge >= 0.3 is 6.03 Å². The molecule has 2 rings (SSSR count). The van der Waals surface area contributed by atoms with E-state index in [0.29, 0.717) is 0 Å². The van der Waals surface area contributed by atoms with E-state index in [4.69, 9.17) is 4.74 Å². The maximum absolute atomic E-state index is 12.3. The van der Waals surface area contributed by atoms with E-state index in [1.807, 2.05) is 30.9 Å². The normalized spacial score (nSPS) is 16.0. The molecule has 1 aromatic carbocycles. The Hall–Kier alpha value is -1.59. The first-order chi connectivity index (χ1) is 10.1. The molecule has 0 spiro atoms. The zero-order chi connectivity index (χ0) is 15.2. The molecule has 21 heavy (non-hydrogen) atoms. The van der Waals surface area contributed by atoms with Gasteiger partial charge < -0.3 is 15.0 Å². The van der Waals surface area contributed by atoms with Gasteiger partial charge in [0.2, 0.25) is 0 Å². The van der Waals surface area contributed by atoms with Crippen molar-refractivity contribution in [3.63, 3.8) is 0 Å². The van der Waals surface area contributed by atoms with Crippen LogP contribution in [0.15, 0.2) is 18.2 Å². The molecule has 0 radical (unpaired) electrons. The van der Waals surface area contributed by atoms with Crippen LogP contribution in [0.25, 0.3) is 0 Å². The van der Waals surface area contributed by atoms with Gasteiger partial charge in [0.25, 0.3) is 0 Å². The van der Waals surface area contributed by atoms with Crippen LogP contribution >= 0.6 is 0 Å². The Bertz CT molecular complexity index is 482. The first kappa shape index (κ1) is 15.8. The summed E-state index contributed by atoms with van der Waals surface area (Å²) in [6, 6.07) is 6.10. The number of rotatable bonds is 4. The Labute approximate surface area is 126 Å². The van der Waals surface area contributed by atoms with Crippen LogP contribution in [0.2, 0.25) is 0 Å². The van der Waals surface area contributed by atoms with Crippen LogP contribution in [-0.2, 0) is 4.74 Å². The van der Waals surface area contributed by atoms with Crippen molar-refractivity contribution in [2.75, 3.05) is 51.8 Å². The second-order valence-electron chi connectivity index (χ2n) is 5.57. The molecule has 1 aliphatic heterocycles. The van der Waals surface area contributed by atoms with Crippen LogP contribution in [0.1, 0.15) is 11.1 Å². The third-order valence-electron chi connectivity index (χ3n) is 3.91. The van der Waals surface area contributed by atoms with Gasteiger partial charge in [0.1, 0.15) is 0 Å². The molecule has 1 saturated heterocycles. The number of amides is 2. The number of hydrogen-bond donors (Lipinski definition) is 1. The molecule has 5 nitrogen and oxygen atoms in total. The first-order valence-corrected chi connectivity index (χ1v) is 7.44. The van der Waals surface area contributed by atoms with Gasteiger partial charge in [0.15, 0.2) is 0 Å². The summed E-state index contributed by atoms with van der Waals surface area (Å²) in [6.45, 7) is 9.06. The van der Waals surface area contributed by atoms with Crippen LogP contribution in [0.3, 0.4) is 0 Å². The van der Waals surface area contributed by atoms with Gasteiger partial charge in [-0.3, -0.25) is 4.90 Å². The molecule has 116 valence electrons. The topological polar surface area (TPSA) is 44.8 Å². The molecular weight excluding hydrogens is 266 g/mol. The third-order valence-corrected chi connectivity index (χ3v) is 3.91. The van der Waals surface area contributed by atoms with E-state index in [9.17, 15) is 4.79 Å². The molecule has 0 atom stereocenters. The monoisotopic (exact) mass is 291 g/mol. The van der Waals surface area contributed by atoms with Crippen molar-refractivity contribution < 1.29 is 9.53 Å². The highest BCUT2D eigenvalue weighted by Crippen LogP contribution is 2.17. The molecule has 2 amide bonds. The van der Waals surface area contributed by atoms with Crippen molar-refractivity contribution in [3.05, 3.63) is 29.3 Å². The lowest BCUT2D eigenvalue weighted by Crippen LogP contribution is -2.50. The summed E-state index contributed by atoms with van der Waals surface area (Å²) < 4.78 is 5.09. The number of nitrogens with zero attached hydrogens (tertiary/aromatic N) is 2. The average Bonchev–Trinajstić information content (AvgIpc) is 2.49. The molecule has 1 aliphatic rings. The lowest BCUT2D eigenvalue weighted by atomic mass is 10.1. The lowest BCUT2D eigenvalue weighted by molar-refractivity contribution is 0.109. The number of nitrogens with one attached hydrogen (secondary N) is 1. The van der Waals surface area contributed by atoms with Crippen LogP contribution < -0.4 is 5.32 Å². The number of benzene rings is 1. The molecule has 1 aromatic rings. The summed E-state index contributed by atoms with van der Waals surface area (Å²) in [5, 5.41) is 3.02. The van der Waals surface area contributed by atoms with Crippen molar-refractivity contribution in [2.45, 2.75) is 13.8 Å². The van der Waals surface area contributed by atoms with Crippen molar-refractivity contribution in [2.24, 2.45) is 0 Å². The van der Waals surface area contributed by atoms with E-state index in [2.05, 4.69) is 16.3 Å². The van der Waals surface area contributed by atoms with Crippen molar-refractivity contribution in [3.8, 4) is 0 Å². The fourth-order valence-electron chi connectivity index (χ4n) is 2.46. The fraction of sp³-hybridized carbons (Fsp3) is 0.562. The molecule has 0 unspecified atom stereocenters. The summed E-state index contributed by atoms with van der Waals surface area (Å²) in [5.74, 6) is 0. The van der Waals surface area contributed by atoms with Crippen molar-refractivity contribution in [1.29, 1.82) is 0 Å². The maximum Gasteiger partial charge on any atom is 0.321 e. The molecule has 1 fully saturated rings. The molecule has 0 saturated carbocycles. The number of piperazine rings is 1. The Morgan fingerprint density at radius 2 is 1.95 bits per heavy atom. The van der Waals surface area contributed by atoms with Crippen LogP contribution in [0.4, 0.5) is 10.5 Å². The SMILES string of the molecule is COCCN1CCN(C(=O)Nc2cc(C)ccc2C)CC1. The van der Waals surface area contributed by atoms with Crippen LogP contribution in [0, 0.1) is 13.8 Å². The Kier molecular flexibility index (Phi) is 5.59. The largest absolute Gasteiger partial charge is 0.383 e. The standard InChI is InChI=1S/C16H25N3O2/c1-13-4-5-14(2)15(12-13)17-16(20)19-8-6-18(7-9-19)10-11-21-3/h4-5,12H,6-11H2,1-3H3,(H,17,20). The van der Waals surface area contributed by atoms with E-state index in [1.54, 1.807) is 7.11 Å². The van der Waals surface area contributed by atoms with Gasteiger partial charge in [0, 0.05) is 45.5 Å². The van der Waals surface area contributed by atoms with Gasteiger partial charge in [-0.25, -0.2) is 4.79 Å². The van der Waals surface area contributed by atoms with Crippen molar-refractivity contribution in [1.82, 2.24) is 9.80 Å². The number of methoxy groups -OCH3 is 1. The molecule has 0 aliphatic carbocycles. The van der Waals surface area contributed by atoms with E-state index in [1.165, 1.54) is 0 Å². The second-order valence-corrected chi connectivity index (χ2v) is 5.57. The minimum absolute atomic E-state index is 0.00454. The highest BCUT2D eigenvalue weighted by molar-refractivity contribution is 5.90. The summed E-state index contributed by atoms with van der Waals surface area (Å²) in [5.41, 5.74) is 3.15. The highest BCUT2D eigenvalue weighted by Gasteiger charge is 2.21. The number of anilines is 1. The number of ether oxygens (including phenoxy) is 1. The Morgan fingerprint density at radius 3 is 2.62 bits per heavy atom. The van der Waals surface area contributed by atoms with Gasteiger partial charge in [-0.15, -0.1) is 0 Å². The zero-order valence-corrected chi connectivity index (χ0v) is 13.2. The Morgan fingerprint density at radius 1 is 1.24 bits per heavy atom. The van der Waals surface area contributed by atoms with Crippen LogP contribution in [-0.4, -0.2) is 62.3 Å². The number of aryl methyl sites for hydroxylation is 2. The number of hydrogen-bond acceptors (Lipinski definition) is 3. The minimum Gasteiger partial charge on any atom is -0.383 e. The smallest absolute Gasteiger partial charge is 0.321 e. The average molecular weight is 291 g/mol. The number of carbonyl (C=O) groups excluding carboxylic acids is 1. The van der Waals surface area contributed by atoms with Crippen molar-refractivity contribution >= 4 is 11.7 Å². The van der Waals surface area contributed by atoms with Gasteiger partial charge in [-0.2, -0.15) is 0 Å². The maximum atomic E-state index is 12.3. The van der Waals surface area contributed by atoms with E-state index in [0.717, 1.165) is 56.1 Å². The quantitative estimate of drug-likeness (QED) is 0.924. The van der Waals surface area contributed by atoms with Gasteiger partial charge in [-0.05, 0) is 31.0 Å². The molecular formula is C16H25N3O2. The summed E-state index contributed by atoms with van der Waals surface area (Å²) in [4.78, 5) is 16.5. The molecule has 0 aromatic heterocycles.